The third-order valence-corrected chi connectivity index (χ3v) is 12.6. The molecule has 270 valence electrons. The SMILES string of the molecule is c1ccc(-c2cccc(-c3c(N(c4ccccc4)c4ccc5c(c4)C4(c6ccccc6-c6ccccc64)c4ccccc4-5)c4ccccc4c4ccccc34)c2)cc1. The van der Waals surface area contributed by atoms with Crippen LogP contribution < -0.4 is 4.90 Å². The van der Waals surface area contributed by atoms with Crippen LogP contribution in [0, 0.1) is 0 Å². The van der Waals surface area contributed by atoms with E-state index in [0.29, 0.717) is 0 Å². The molecule has 0 radical (unpaired) electrons. The van der Waals surface area contributed by atoms with Crippen LogP contribution in [0.25, 0.3) is 66.1 Å². The second-order valence-electron chi connectivity index (χ2n) is 15.5. The van der Waals surface area contributed by atoms with Gasteiger partial charge in [-0.3, -0.25) is 0 Å². The van der Waals surface area contributed by atoms with Gasteiger partial charge in [-0.25, -0.2) is 0 Å². The van der Waals surface area contributed by atoms with E-state index in [-0.39, 0.29) is 0 Å². The first-order valence-corrected chi connectivity index (χ1v) is 20.2. The van der Waals surface area contributed by atoms with E-state index in [1.165, 1.54) is 94.0 Å². The van der Waals surface area contributed by atoms with E-state index in [1.807, 2.05) is 0 Å². The fourth-order valence-electron chi connectivity index (χ4n) is 10.3. The highest BCUT2D eigenvalue weighted by atomic mass is 15.1. The second kappa shape index (κ2) is 12.8. The summed E-state index contributed by atoms with van der Waals surface area (Å²) >= 11 is 0. The molecule has 0 aromatic heterocycles. The number of fused-ring (bicyclic) bond motifs is 13. The van der Waals surface area contributed by atoms with E-state index in [4.69, 9.17) is 0 Å². The summed E-state index contributed by atoms with van der Waals surface area (Å²) < 4.78 is 0. The molecule has 0 bridgehead atoms. The van der Waals surface area contributed by atoms with Crippen molar-refractivity contribution in [2.24, 2.45) is 0 Å². The van der Waals surface area contributed by atoms with Crippen LogP contribution in [0.2, 0.25) is 0 Å². The zero-order chi connectivity index (χ0) is 38.2. The minimum atomic E-state index is -0.449. The Morgan fingerprint density at radius 2 is 0.741 bits per heavy atom. The van der Waals surface area contributed by atoms with Gasteiger partial charge in [0.25, 0.3) is 0 Å². The summed E-state index contributed by atoms with van der Waals surface area (Å²) in [5, 5.41) is 4.92. The van der Waals surface area contributed by atoms with Crippen LogP contribution in [0.3, 0.4) is 0 Å². The van der Waals surface area contributed by atoms with E-state index in [0.717, 1.165) is 11.4 Å². The van der Waals surface area contributed by atoms with Crippen molar-refractivity contribution in [3.63, 3.8) is 0 Å². The lowest BCUT2D eigenvalue weighted by molar-refractivity contribution is 0.793. The molecule has 2 aliphatic rings. The average molecular weight is 736 g/mol. The number of hydrogen-bond donors (Lipinski definition) is 0. The maximum atomic E-state index is 2.53. The van der Waals surface area contributed by atoms with Crippen molar-refractivity contribution in [2.45, 2.75) is 5.41 Å². The highest BCUT2D eigenvalue weighted by Crippen LogP contribution is 2.63. The van der Waals surface area contributed by atoms with Gasteiger partial charge in [0.05, 0.1) is 11.1 Å². The molecule has 0 fully saturated rings. The van der Waals surface area contributed by atoms with Crippen molar-refractivity contribution >= 4 is 38.6 Å². The summed E-state index contributed by atoms with van der Waals surface area (Å²) in [5.74, 6) is 0. The molecule has 1 heteroatoms. The summed E-state index contributed by atoms with van der Waals surface area (Å²) in [7, 11) is 0. The average Bonchev–Trinajstić information content (AvgIpc) is 3.77. The molecule has 1 nitrogen and oxygen atoms in total. The molecular weight excluding hydrogens is 699 g/mol. The van der Waals surface area contributed by atoms with Crippen LogP contribution >= 0.6 is 0 Å². The monoisotopic (exact) mass is 735 g/mol. The van der Waals surface area contributed by atoms with Gasteiger partial charge in [0, 0.05) is 22.3 Å². The molecule has 0 saturated heterocycles. The fraction of sp³-hybridized carbons (Fsp3) is 0.0175. The van der Waals surface area contributed by atoms with Gasteiger partial charge in [-0.05, 0) is 108 Å². The van der Waals surface area contributed by atoms with Crippen LogP contribution in [-0.4, -0.2) is 0 Å². The van der Waals surface area contributed by atoms with E-state index < -0.39 is 5.41 Å². The number of anilines is 3. The molecule has 58 heavy (non-hydrogen) atoms. The number of para-hydroxylation sites is 1. The van der Waals surface area contributed by atoms with E-state index in [9.17, 15) is 0 Å². The van der Waals surface area contributed by atoms with Crippen molar-refractivity contribution in [1.29, 1.82) is 0 Å². The minimum Gasteiger partial charge on any atom is -0.309 e. The zero-order valence-corrected chi connectivity index (χ0v) is 31.8. The quantitative estimate of drug-likeness (QED) is 0.159. The van der Waals surface area contributed by atoms with E-state index >= 15 is 0 Å². The Hall–Kier alpha value is -7.48. The van der Waals surface area contributed by atoms with Gasteiger partial charge in [0.15, 0.2) is 0 Å². The molecule has 0 aliphatic heterocycles. The van der Waals surface area contributed by atoms with Crippen molar-refractivity contribution in [2.75, 3.05) is 4.90 Å². The van der Waals surface area contributed by atoms with Crippen molar-refractivity contribution in [1.82, 2.24) is 0 Å². The molecule has 0 amide bonds. The number of benzene rings is 10. The van der Waals surface area contributed by atoms with Crippen molar-refractivity contribution in [3.8, 4) is 44.5 Å². The highest BCUT2D eigenvalue weighted by Gasteiger charge is 2.51. The standard InChI is InChI=1S/C57H37N/c1-3-18-38(19-4-1)39-20-17-21-40(36-39)55-49-29-9-7-24-43(49)44-25-8-10-30-50(44)56(55)58(41-22-5-2-6-23-41)42-34-35-48-47-28-13-16-33-53(47)57(54(48)37-42)51-31-14-11-26-45(51)46-27-12-15-32-52(46)57/h1-37H. The zero-order valence-electron chi connectivity index (χ0n) is 31.8. The Balaban J connectivity index is 1.20. The van der Waals surface area contributed by atoms with Crippen molar-refractivity contribution in [3.05, 3.63) is 247 Å². The second-order valence-corrected chi connectivity index (χ2v) is 15.5. The largest absolute Gasteiger partial charge is 0.309 e. The maximum absolute atomic E-state index is 2.53. The molecule has 0 heterocycles. The smallest absolute Gasteiger partial charge is 0.0726 e. The summed E-state index contributed by atoms with van der Waals surface area (Å²) in [6.45, 7) is 0. The first kappa shape index (κ1) is 32.7. The Morgan fingerprint density at radius 1 is 0.276 bits per heavy atom. The van der Waals surface area contributed by atoms with Crippen LogP contribution in [0.4, 0.5) is 17.1 Å². The molecule has 2 aliphatic carbocycles. The molecule has 1 spiro atoms. The Morgan fingerprint density at radius 3 is 1.38 bits per heavy atom. The summed E-state index contributed by atoms with van der Waals surface area (Å²) in [6, 6.07) is 83.1. The molecular formula is C57H37N. The molecule has 0 saturated carbocycles. The third-order valence-electron chi connectivity index (χ3n) is 12.6. The lowest BCUT2D eigenvalue weighted by Crippen LogP contribution is -2.26. The van der Waals surface area contributed by atoms with Gasteiger partial charge >= 0.3 is 0 Å². The predicted molar refractivity (Wildman–Crippen MR) is 243 cm³/mol. The first-order valence-electron chi connectivity index (χ1n) is 20.2. The van der Waals surface area contributed by atoms with Crippen LogP contribution in [-0.2, 0) is 5.41 Å². The molecule has 12 rings (SSSR count). The van der Waals surface area contributed by atoms with E-state index in [2.05, 4.69) is 229 Å². The van der Waals surface area contributed by atoms with Gasteiger partial charge in [0.1, 0.15) is 0 Å². The molecule has 0 unspecified atom stereocenters. The minimum absolute atomic E-state index is 0.449. The summed E-state index contributed by atoms with van der Waals surface area (Å²) in [5.41, 5.74) is 18.3. The van der Waals surface area contributed by atoms with Gasteiger partial charge in [-0.15, -0.1) is 0 Å². The predicted octanol–water partition coefficient (Wildman–Crippen LogP) is 15.1. The molecule has 0 atom stereocenters. The topological polar surface area (TPSA) is 3.24 Å². The van der Waals surface area contributed by atoms with Gasteiger partial charge in [0.2, 0.25) is 0 Å². The van der Waals surface area contributed by atoms with Crippen LogP contribution in [0.15, 0.2) is 224 Å². The molecule has 0 N–H and O–H groups in total. The van der Waals surface area contributed by atoms with Crippen LogP contribution in [0.1, 0.15) is 22.3 Å². The Kier molecular flexibility index (Phi) is 7.21. The number of rotatable bonds is 5. The van der Waals surface area contributed by atoms with Crippen molar-refractivity contribution < 1.29 is 0 Å². The molecule has 10 aromatic carbocycles. The normalized spacial score (nSPS) is 13.0. The van der Waals surface area contributed by atoms with Gasteiger partial charge in [-0.2, -0.15) is 0 Å². The Labute approximate surface area is 338 Å². The third kappa shape index (κ3) is 4.59. The number of nitrogens with zero attached hydrogens (tertiary/aromatic N) is 1. The Bertz CT molecular complexity index is 3170. The summed E-state index contributed by atoms with van der Waals surface area (Å²) in [6.07, 6.45) is 0. The first-order chi connectivity index (χ1) is 28.8. The lowest BCUT2D eigenvalue weighted by atomic mass is 9.70. The maximum Gasteiger partial charge on any atom is 0.0726 e. The highest BCUT2D eigenvalue weighted by molar-refractivity contribution is 6.22. The fourth-order valence-corrected chi connectivity index (χ4v) is 10.3. The molecule has 10 aromatic rings. The lowest BCUT2D eigenvalue weighted by Gasteiger charge is -2.33. The van der Waals surface area contributed by atoms with Gasteiger partial charge < -0.3 is 4.90 Å². The van der Waals surface area contributed by atoms with Crippen LogP contribution in [0.5, 0.6) is 0 Å². The summed E-state index contributed by atoms with van der Waals surface area (Å²) in [4.78, 5) is 2.53. The van der Waals surface area contributed by atoms with E-state index in [1.54, 1.807) is 0 Å². The number of hydrogen-bond acceptors (Lipinski definition) is 1. The van der Waals surface area contributed by atoms with Gasteiger partial charge in [-0.1, -0.05) is 194 Å².